The molecule has 2 rings (SSSR count). The molecule has 2 aliphatic rings. The van der Waals surface area contributed by atoms with Crippen LogP contribution in [-0.4, -0.2) is 46.4 Å². The van der Waals surface area contributed by atoms with Crippen LogP contribution in [0.1, 0.15) is 25.7 Å². The summed E-state index contributed by atoms with van der Waals surface area (Å²) in [7, 11) is -0.988. The fourth-order valence-electron chi connectivity index (χ4n) is 2.58. The van der Waals surface area contributed by atoms with Crippen molar-refractivity contribution < 1.29 is 18.9 Å². The Morgan fingerprint density at radius 3 is 2.86 bits per heavy atom. The van der Waals surface area contributed by atoms with Gasteiger partial charge in [0.1, 0.15) is 6.10 Å². The topological polar surface area (TPSA) is 36.9 Å². The van der Waals surface area contributed by atoms with Gasteiger partial charge in [-0.3, -0.25) is 0 Å². The fourth-order valence-corrected chi connectivity index (χ4v) is 3.39. The minimum absolute atomic E-state index is 0.0810. The predicted molar refractivity (Wildman–Crippen MR) is 86.1 cm³/mol. The van der Waals surface area contributed by atoms with Crippen molar-refractivity contribution in [3.63, 3.8) is 0 Å². The molecule has 5 heteroatoms. The van der Waals surface area contributed by atoms with E-state index in [9.17, 15) is 0 Å². The monoisotopic (exact) mass is 314 g/mol. The molecular weight excluding hydrogens is 284 g/mol. The van der Waals surface area contributed by atoms with Crippen LogP contribution < -0.4 is 0 Å². The van der Waals surface area contributed by atoms with Crippen molar-refractivity contribution in [1.82, 2.24) is 0 Å². The van der Waals surface area contributed by atoms with Crippen molar-refractivity contribution >= 4 is 8.07 Å². The Hall–Kier alpha value is -0.363. The van der Waals surface area contributed by atoms with E-state index in [1.165, 1.54) is 6.04 Å². The Bertz CT molecular complexity index is 327. The largest absolute Gasteiger partial charge is 0.502 e. The molecule has 0 saturated carbocycles. The quantitative estimate of drug-likeness (QED) is 0.409. The van der Waals surface area contributed by atoms with Gasteiger partial charge in [0.05, 0.1) is 25.6 Å². The van der Waals surface area contributed by atoms with Crippen LogP contribution in [0.4, 0.5) is 0 Å². The molecule has 0 spiro atoms. The summed E-state index contributed by atoms with van der Waals surface area (Å²) in [6.07, 6.45) is 8.36. The van der Waals surface area contributed by atoms with Gasteiger partial charge in [-0.15, -0.1) is 0 Å². The maximum absolute atomic E-state index is 5.95. The van der Waals surface area contributed by atoms with Gasteiger partial charge in [-0.05, 0) is 25.3 Å². The molecule has 2 aliphatic heterocycles. The number of rotatable bonds is 7. The lowest BCUT2D eigenvalue weighted by atomic mass is 10.1. The van der Waals surface area contributed by atoms with Crippen LogP contribution >= 0.6 is 0 Å². The number of ether oxygens (including phenoxy) is 4. The molecular formula is C16H30O4Si. The zero-order chi connectivity index (χ0) is 15.1. The first-order valence-electron chi connectivity index (χ1n) is 8.20. The van der Waals surface area contributed by atoms with Crippen LogP contribution in [-0.2, 0) is 18.9 Å². The molecule has 3 atom stereocenters. The molecule has 122 valence electrons. The molecule has 0 unspecified atom stereocenters. The van der Waals surface area contributed by atoms with Gasteiger partial charge in [-0.25, -0.2) is 0 Å². The smallest absolute Gasteiger partial charge is 0.158 e. The van der Waals surface area contributed by atoms with Crippen LogP contribution in [0.5, 0.6) is 0 Å². The van der Waals surface area contributed by atoms with E-state index < -0.39 is 8.07 Å². The van der Waals surface area contributed by atoms with Gasteiger partial charge in [0.15, 0.2) is 6.29 Å². The van der Waals surface area contributed by atoms with Gasteiger partial charge in [0.25, 0.3) is 0 Å². The highest BCUT2D eigenvalue weighted by atomic mass is 28.3. The lowest BCUT2D eigenvalue weighted by molar-refractivity contribution is -0.275. The summed E-state index contributed by atoms with van der Waals surface area (Å²) in [6.45, 7) is 9.32. The SMILES string of the molecule is C[Si](C)(C)C/C=C/OCCC[C@@H]1OC[C@H]2OCCC[C@@H]2O1. The Kier molecular flexibility index (Phi) is 6.73. The summed E-state index contributed by atoms with van der Waals surface area (Å²) in [5, 5.41) is 0. The third kappa shape index (κ3) is 6.51. The van der Waals surface area contributed by atoms with Crippen LogP contribution in [0, 0.1) is 0 Å². The number of fused-ring (bicyclic) bond motifs is 1. The molecule has 2 heterocycles. The third-order valence-corrected chi connectivity index (χ3v) is 5.24. The summed E-state index contributed by atoms with van der Waals surface area (Å²) < 4.78 is 22.8. The van der Waals surface area contributed by atoms with Gasteiger partial charge in [-0.1, -0.05) is 25.7 Å². The molecule has 0 aromatic rings. The highest BCUT2D eigenvalue weighted by molar-refractivity contribution is 6.76. The average molecular weight is 314 g/mol. The fraction of sp³-hybridized carbons (Fsp3) is 0.875. The first-order valence-corrected chi connectivity index (χ1v) is 11.9. The Balaban J connectivity index is 1.53. The number of allylic oxidation sites excluding steroid dienone is 1. The number of hydrogen-bond donors (Lipinski definition) is 0. The number of hydrogen-bond acceptors (Lipinski definition) is 4. The predicted octanol–water partition coefficient (Wildman–Crippen LogP) is 3.56. The highest BCUT2D eigenvalue weighted by Gasteiger charge is 2.34. The maximum atomic E-state index is 5.95. The highest BCUT2D eigenvalue weighted by Crippen LogP contribution is 2.25. The van der Waals surface area contributed by atoms with Gasteiger partial charge < -0.3 is 18.9 Å². The van der Waals surface area contributed by atoms with E-state index in [4.69, 9.17) is 18.9 Å². The second-order valence-electron chi connectivity index (χ2n) is 7.14. The summed E-state index contributed by atoms with van der Waals surface area (Å²) >= 11 is 0. The lowest BCUT2D eigenvalue weighted by Gasteiger charge is -2.39. The van der Waals surface area contributed by atoms with E-state index in [0.717, 1.165) is 38.9 Å². The molecule has 0 N–H and O–H groups in total. The molecule has 2 saturated heterocycles. The lowest BCUT2D eigenvalue weighted by Crippen LogP contribution is -2.47. The van der Waals surface area contributed by atoms with Gasteiger partial charge >= 0.3 is 0 Å². The van der Waals surface area contributed by atoms with E-state index in [0.29, 0.717) is 6.61 Å². The Morgan fingerprint density at radius 1 is 1.19 bits per heavy atom. The van der Waals surface area contributed by atoms with Crippen LogP contribution in [0.2, 0.25) is 25.7 Å². The molecule has 0 aromatic carbocycles. The first kappa shape index (κ1) is 17.0. The molecule has 21 heavy (non-hydrogen) atoms. The van der Waals surface area contributed by atoms with Crippen molar-refractivity contribution in [2.24, 2.45) is 0 Å². The van der Waals surface area contributed by atoms with Crippen molar-refractivity contribution in [3.05, 3.63) is 12.3 Å². The summed E-state index contributed by atoms with van der Waals surface area (Å²) in [4.78, 5) is 0. The molecule has 0 aliphatic carbocycles. The Labute approximate surface area is 129 Å². The summed E-state index contributed by atoms with van der Waals surface area (Å²) in [5.41, 5.74) is 0. The van der Waals surface area contributed by atoms with Crippen molar-refractivity contribution in [2.75, 3.05) is 19.8 Å². The molecule has 2 fully saturated rings. The van der Waals surface area contributed by atoms with Crippen LogP contribution in [0.25, 0.3) is 0 Å². The summed E-state index contributed by atoms with van der Waals surface area (Å²) in [6, 6.07) is 1.17. The van der Waals surface area contributed by atoms with E-state index in [2.05, 4.69) is 25.7 Å². The van der Waals surface area contributed by atoms with Crippen molar-refractivity contribution in [1.29, 1.82) is 0 Å². The second kappa shape index (κ2) is 8.32. The van der Waals surface area contributed by atoms with Gasteiger partial charge in [0, 0.05) is 21.1 Å². The molecule has 0 aromatic heterocycles. The van der Waals surface area contributed by atoms with E-state index >= 15 is 0 Å². The normalized spacial score (nSPS) is 30.3. The van der Waals surface area contributed by atoms with E-state index in [-0.39, 0.29) is 18.5 Å². The summed E-state index contributed by atoms with van der Waals surface area (Å²) in [5.74, 6) is 0. The standard InChI is InChI=1S/C16H30O4Si/c1-21(2,3)12-6-10-17-9-5-8-16-19-13-15-14(20-16)7-4-11-18-15/h6,10,14-16H,4-5,7-9,11-13H2,1-3H3/b10-6+/t14-,15+,16+/m0/s1. The average Bonchev–Trinajstić information content (AvgIpc) is 2.45. The van der Waals surface area contributed by atoms with E-state index in [1.807, 2.05) is 6.26 Å². The zero-order valence-corrected chi connectivity index (χ0v) is 14.7. The van der Waals surface area contributed by atoms with Gasteiger partial charge in [-0.2, -0.15) is 0 Å². The first-order chi connectivity index (χ1) is 10.0. The molecule has 4 nitrogen and oxygen atoms in total. The van der Waals surface area contributed by atoms with Crippen molar-refractivity contribution in [2.45, 2.75) is 69.9 Å². The Morgan fingerprint density at radius 2 is 2.05 bits per heavy atom. The van der Waals surface area contributed by atoms with E-state index in [1.54, 1.807) is 0 Å². The molecule has 0 bridgehead atoms. The van der Waals surface area contributed by atoms with Gasteiger partial charge in [0.2, 0.25) is 0 Å². The molecule has 0 radical (unpaired) electrons. The van der Waals surface area contributed by atoms with Crippen LogP contribution in [0.15, 0.2) is 12.3 Å². The maximum Gasteiger partial charge on any atom is 0.158 e. The van der Waals surface area contributed by atoms with Crippen LogP contribution in [0.3, 0.4) is 0 Å². The minimum atomic E-state index is -0.988. The minimum Gasteiger partial charge on any atom is -0.502 e. The second-order valence-corrected chi connectivity index (χ2v) is 12.7. The molecule has 0 amide bonds. The third-order valence-electron chi connectivity index (χ3n) is 3.78. The van der Waals surface area contributed by atoms with Crippen molar-refractivity contribution in [3.8, 4) is 0 Å². The zero-order valence-electron chi connectivity index (χ0n) is 13.7.